The molecule has 1 aliphatic heterocycles. The molecule has 5 heteroatoms. The Hall–Kier alpha value is -3.08. The maximum Gasteiger partial charge on any atom is 0.227 e. The highest BCUT2D eigenvalue weighted by Crippen LogP contribution is 2.48. The summed E-state index contributed by atoms with van der Waals surface area (Å²) >= 11 is 0. The van der Waals surface area contributed by atoms with E-state index in [4.69, 9.17) is 4.74 Å². The van der Waals surface area contributed by atoms with Crippen LogP contribution in [0.1, 0.15) is 65.5 Å². The summed E-state index contributed by atoms with van der Waals surface area (Å²) in [6.07, 6.45) is 1.64. The summed E-state index contributed by atoms with van der Waals surface area (Å²) in [4.78, 5) is 28.7. The molecular weight excluding hydrogens is 400 g/mol. The third-order valence-corrected chi connectivity index (χ3v) is 6.04. The van der Waals surface area contributed by atoms with Gasteiger partial charge in [0.25, 0.3) is 0 Å². The Bertz CT molecular complexity index is 1070. The fraction of sp³-hybridized carbons (Fsp3) is 0.407. The lowest BCUT2D eigenvalue weighted by atomic mass is 9.73. The van der Waals surface area contributed by atoms with Crippen LogP contribution < -0.4 is 15.0 Å². The van der Waals surface area contributed by atoms with E-state index in [2.05, 4.69) is 19.2 Å². The van der Waals surface area contributed by atoms with Crippen molar-refractivity contribution in [3.05, 3.63) is 65.4 Å². The second-order valence-electron chi connectivity index (χ2n) is 9.73. The van der Waals surface area contributed by atoms with Gasteiger partial charge in [-0.25, -0.2) is 0 Å². The number of rotatable bonds is 4. The van der Waals surface area contributed by atoms with Gasteiger partial charge < -0.3 is 10.1 Å². The predicted octanol–water partition coefficient (Wildman–Crippen LogP) is 6.03. The van der Waals surface area contributed by atoms with Crippen molar-refractivity contribution in [2.75, 3.05) is 10.2 Å². The highest BCUT2D eigenvalue weighted by molar-refractivity contribution is 6.06. The Morgan fingerprint density at radius 1 is 1.12 bits per heavy atom. The minimum Gasteiger partial charge on any atom is -0.491 e. The standard InChI is InChI=1S/C27H32N2O3/c1-6-24(31)29-22-10-8-7-9-20(22)28-21-15-27(4,5)16-23(30)25(21)26(29)18-11-13-19(14-12-18)32-17(2)3/h7-14,17,26,28H,6,15-16H2,1-5H3/t26-/m1/s1. The number of hydrogen-bond acceptors (Lipinski definition) is 4. The van der Waals surface area contributed by atoms with E-state index in [0.717, 1.165) is 34.8 Å². The number of nitrogens with one attached hydrogen (secondary N) is 1. The second kappa shape index (κ2) is 8.45. The van der Waals surface area contributed by atoms with Crippen molar-refractivity contribution in [2.24, 2.45) is 5.41 Å². The molecule has 0 saturated heterocycles. The highest BCUT2D eigenvalue weighted by atomic mass is 16.5. The van der Waals surface area contributed by atoms with Crippen LogP contribution in [0.2, 0.25) is 0 Å². The number of fused-ring (bicyclic) bond motifs is 1. The maximum atomic E-state index is 13.5. The first-order chi connectivity index (χ1) is 15.2. The number of para-hydroxylation sites is 2. The van der Waals surface area contributed by atoms with Crippen molar-refractivity contribution in [1.82, 2.24) is 0 Å². The van der Waals surface area contributed by atoms with Gasteiger partial charge in [0.05, 0.1) is 23.5 Å². The van der Waals surface area contributed by atoms with Crippen LogP contribution in [-0.2, 0) is 9.59 Å². The van der Waals surface area contributed by atoms with E-state index < -0.39 is 6.04 Å². The van der Waals surface area contributed by atoms with E-state index in [-0.39, 0.29) is 23.2 Å². The lowest BCUT2D eigenvalue weighted by molar-refractivity contribution is -0.119. The lowest BCUT2D eigenvalue weighted by Crippen LogP contribution is -2.39. The van der Waals surface area contributed by atoms with Crippen LogP contribution in [0.25, 0.3) is 0 Å². The van der Waals surface area contributed by atoms with Gasteiger partial charge in [-0.15, -0.1) is 0 Å². The van der Waals surface area contributed by atoms with Gasteiger partial charge in [-0.2, -0.15) is 0 Å². The predicted molar refractivity (Wildman–Crippen MR) is 128 cm³/mol. The van der Waals surface area contributed by atoms with Gasteiger partial charge in [0, 0.05) is 24.1 Å². The van der Waals surface area contributed by atoms with Crippen LogP contribution in [0.15, 0.2) is 59.8 Å². The number of carbonyl (C=O) groups is 2. The summed E-state index contributed by atoms with van der Waals surface area (Å²) < 4.78 is 5.82. The molecular formula is C27H32N2O3. The summed E-state index contributed by atoms with van der Waals surface area (Å²) in [7, 11) is 0. The fourth-order valence-electron chi connectivity index (χ4n) is 4.75. The summed E-state index contributed by atoms with van der Waals surface area (Å²) in [5.74, 6) is 0.852. The molecule has 1 amide bonds. The van der Waals surface area contributed by atoms with E-state index in [1.54, 1.807) is 4.90 Å². The second-order valence-corrected chi connectivity index (χ2v) is 9.73. The van der Waals surface area contributed by atoms with Crippen molar-refractivity contribution < 1.29 is 14.3 Å². The van der Waals surface area contributed by atoms with Gasteiger partial charge in [0.1, 0.15) is 5.75 Å². The highest BCUT2D eigenvalue weighted by Gasteiger charge is 2.42. The average Bonchev–Trinajstić information content (AvgIpc) is 2.86. The molecule has 0 spiro atoms. The van der Waals surface area contributed by atoms with Crippen molar-refractivity contribution >= 4 is 23.1 Å². The van der Waals surface area contributed by atoms with Gasteiger partial charge in [-0.1, -0.05) is 45.0 Å². The number of nitrogens with zero attached hydrogens (tertiary/aromatic N) is 1. The number of anilines is 2. The number of Topliss-reactive ketones (excluding diaryl/α,β-unsaturated/α-hetero) is 1. The number of carbonyl (C=O) groups excluding carboxylic acids is 2. The number of benzene rings is 2. The van der Waals surface area contributed by atoms with E-state index in [9.17, 15) is 9.59 Å². The Kier molecular flexibility index (Phi) is 5.85. The monoisotopic (exact) mass is 432 g/mol. The van der Waals surface area contributed by atoms with E-state index in [1.807, 2.05) is 69.3 Å². The summed E-state index contributed by atoms with van der Waals surface area (Å²) in [6, 6.07) is 15.1. The molecule has 2 aromatic rings. The first kappa shape index (κ1) is 22.1. The van der Waals surface area contributed by atoms with Crippen LogP contribution in [-0.4, -0.2) is 17.8 Å². The van der Waals surface area contributed by atoms with E-state index in [1.165, 1.54) is 0 Å². The molecule has 0 unspecified atom stereocenters. The molecule has 4 rings (SSSR count). The Morgan fingerprint density at radius 2 is 1.81 bits per heavy atom. The molecule has 1 aliphatic carbocycles. The zero-order valence-corrected chi connectivity index (χ0v) is 19.6. The Balaban J connectivity index is 1.93. The molecule has 1 N–H and O–H groups in total. The molecule has 2 aromatic carbocycles. The van der Waals surface area contributed by atoms with Crippen LogP contribution in [0.5, 0.6) is 5.75 Å². The first-order valence-corrected chi connectivity index (χ1v) is 11.4. The van der Waals surface area contributed by atoms with Gasteiger partial charge >= 0.3 is 0 Å². The SMILES string of the molecule is CCC(=O)N1c2ccccc2NC2=C(C(=O)CC(C)(C)C2)[C@H]1c1ccc(OC(C)C)cc1. The molecule has 168 valence electrons. The molecule has 1 atom stereocenters. The maximum absolute atomic E-state index is 13.5. The van der Waals surface area contributed by atoms with Crippen LogP contribution in [0.4, 0.5) is 11.4 Å². The summed E-state index contributed by atoms with van der Waals surface area (Å²) in [6.45, 7) is 10.1. The molecule has 0 aromatic heterocycles. The number of ether oxygens (including phenoxy) is 1. The van der Waals surface area contributed by atoms with Crippen LogP contribution in [0.3, 0.4) is 0 Å². The molecule has 1 heterocycles. The number of ketones is 1. The summed E-state index contributed by atoms with van der Waals surface area (Å²) in [5, 5.41) is 3.53. The molecule has 5 nitrogen and oxygen atoms in total. The van der Waals surface area contributed by atoms with E-state index >= 15 is 0 Å². The topological polar surface area (TPSA) is 58.6 Å². The van der Waals surface area contributed by atoms with Gasteiger partial charge in [-0.05, 0) is 55.5 Å². The van der Waals surface area contributed by atoms with Crippen molar-refractivity contribution in [3.8, 4) is 5.75 Å². The Morgan fingerprint density at radius 3 is 2.47 bits per heavy atom. The van der Waals surface area contributed by atoms with Gasteiger partial charge in [0.15, 0.2) is 5.78 Å². The van der Waals surface area contributed by atoms with Gasteiger partial charge in [0.2, 0.25) is 5.91 Å². The van der Waals surface area contributed by atoms with Crippen LogP contribution in [0, 0.1) is 5.41 Å². The molecule has 0 radical (unpaired) electrons. The number of allylic oxidation sites excluding steroid dienone is 1. The zero-order valence-electron chi connectivity index (χ0n) is 19.6. The van der Waals surface area contributed by atoms with E-state index in [0.29, 0.717) is 18.4 Å². The third-order valence-electron chi connectivity index (χ3n) is 6.04. The fourth-order valence-corrected chi connectivity index (χ4v) is 4.75. The minimum absolute atomic E-state index is 0.0156. The molecule has 0 bridgehead atoms. The molecule has 0 saturated carbocycles. The van der Waals surface area contributed by atoms with Crippen molar-refractivity contribution in [3.63, 3.8) is 0 Å². The molecule has 2 aliphatic rings. The quantitative estimate of drug-likeness (QED) is 0.641. The van der Waals surface area contributed by atoms with Crippen molar-refractivity contribution in [2.45, 2.75) is 66.0 Å². The third kappa shape index (κ3) is 4.16. The zero-order chi connectivity index (χ0) is 23.0. The van der Waals surface area contributed by atoms with Crippen molar-refractivity contribution in [1.29, 1.82) is 0 Å². The normalized spacial score (nSPS) is 19.8. The lowest BCUT2D eigenvalue weighted by Gasteiger charge is -2.37. The minimum atomic E-state index is -0.481. The first-order valence-electron chi connectivity index (χ1n) is 11.4. The number of amides is 1. The largest absolute Gasteiger partial charge is 0.491 e. The molecule has 0 fully saturated rings. The molecule has 32 heavy (non-hydrogen) atoms. The summed E-state index contributed by atoms with van der Waals surface area (Å²) in [5.41, 5.74) is 4.03. The van der Waals surface area contributed by atoms with Crippen LogP contribution >= 0.6 is 0 Å². The Labute approximate surface area is 190 Å². The van der Waals surface area contributed by atoms with Gasteiger partial charge in [-0.3, -0.25) is 14.5 Å². The number of hydrogen-bond donors (Lipinski definition) is 1. The smallest absolute Gasteiger partial charge is 0.227 e. The average molecular weight is 433 g/mol.